The number of rotatable bonds is 3. The highest BCUT2D eigenvalue weighted by Gasteiger charge is 2.19. The average molecular weight is 344 g/mol. The molecule has 17 heavy (non-hydrogen) atoms. The summed E-state index contributed by atoms with van der Waals surface area (Å²) in [5.41, 5.74) is 0.735. The topological polar surface area (TPSA) is 34.9 Å². The second kappa shape index (κ2) is 4.95. The first kappa shape index (κ1) is 12.2. The van der Waals surface area contributed by atoms with Crippen molar-refractivity contribution in [2.75, 3.05) is 0 Å². The van der Waals surface area contributed by atoms with Crippen molar-refractivity contribution >= 4 is 28.4 Å². The summed E-state index contributed by atoms with van der Waals surface area (Å²) >= 11 is 2.13. The molecule has 3 nitrogen and oxygen atoms in total. The van der Waals surface area contributed by atoms with Crippen LogP contribution in [0.2, 0.25) is 0 Å². The Morgan fingerprint density at radius 1 is 1.41 bits per heavy atom. The monoisotopic (exact) mass is 344 g/mol. The zero-order valence-electron chi connectivity index (χ0n) is 9.10. The van der Waals surface area contributed by atoms with Crippen molar-refractivity contribution in [1.29, 1.82) is 0 Å². The molecular weight excluding hydrogens is 334 g/mol. The van der Waals surface area contributed by atoms with Crippen molar-refractivity contribution in [3.8, 4) is 0 Å². The van der Waals surface area contributed by atoms with Crippen LogP contribution in [0.25, 0.3) is 0 Å². The van der Waals surface area contributed by atoms with E-state index in [1.54, 1.807) is 29.2 Å². The smallest absolute Gasteiger partial charge is 0.158 e. The van der Waals surface area contributed by atoms with Gasteiger partial charge in [-0.3, -0.25) is 9.48 Å². The number of hydrogen-bond acceptors (Lipinski definition) is 2. The molecule has 1 aromatic heterocycles. The highest BCUT2D eigenvalue weighted by molar-refractivity contribution is 14.1. The lowest BCUT2D eigenvalue weighted by atomic mass is 10.0. The number of aromatic nitrogens is 2. The molecule has 0 N–H and O–H groups in total. The molecule has 0 saturated carbocycles. The number of Topliss-reactive ketones (excluding diaryl/α,β-unsaturated/α-hetero) is 1. The molecule has 5 heteroatoms. The third kappa shape index (κ3) is 2.71. The van der Waals surface area contributed by atoms with Crippen LogP contribution in [0.4, 0.5) is 4.39 Å². The normalized spacial score (nSPS) is 12.4. The van der Waals surface area contributed by atoms with Crippen LogP contribution in [0, 0.1) is 9.39 Å². The number of halogens is 2. The Kier molecular flexibility index (Phi) is 3.56. The number of benzene rings is 1. The molecule has 1 unspecified atom stereocenters. The van der Waals surface area contributed by atoms with Crippen molar-refractivity contribution in [2.45, 2.75) is 13.0 Å². The van der Waals surface area contributed by atoms with E-state index in [0.29, 0.717) is 0 Å². The molecule has 1 aromatic carbocycles. The van der Waals surface area contributed by atoms with Gasteiger partial charge in [-0.2, -0.15) is 5.10 Å². The standard InChI is InChI=1S/C12H10FIN2O/c1-8(17)12(16-7-11(14)6-15-16)9-2-4-10(13)5-3-9/h2-7,12H,1H3. The van der Waals surface area contributed by atoms with Gasteiger partial charge in [0.05, 0.1) is 9.77 Å². The van der Waals surface area contributed by atoms with Gasteiger partial charge < -0.3 is 0 Å². The van der Waals surface area contributed by atoms with E-state index in [0.717, 1.165) is 9.13 Å². The van der Waals surface area contributed by atoms with Gasteiger partial charge in [0, 0.05) is 6.20 Å². The Bertz CT molecular complexity index is 536. The van der Waals surface area contributed by atoms with Crippen molar-refractivity contribution < 1.29 is 9.18 Å². The molecule has 88 valence electrons. The molecule has 0 aliphatic heterocycles. The summed E-state index contributed by atoms with van der Waals surface area (Å²) in [6.07, 6.45) is 3.47. The minimum absolute atomic E-state index is 0.0314. The van der Waals surface area contributed by atoms with Gasteiger partial charge in [0.15, 0.2) is 5.78 Å². The van der Waals surface area contributed by atoms with Crippen molar-refractivity contribution in [3.63, 3.8) is 0 Å². The van der Waals surface area contributed by atoms with Crippen LogP contribution in [0.1, 0.15) is 18.5 Å². The Hall–Kier alpha value is -1.24. The van der Waals surface area contributed by atoms with E-state index in [2.05, 4.69) is 27.7 Å². The van der Waals surface area contributed by atoms with Crippen LogP contribution in [0.15, 0.2) is 36.7 Å². The second-order valence-electron chi connectivity index (χ2n) is 3.70. The van der Waals surface area contributed by atoms with E-state index >= 15 is 0 Å². The van der Waals surface area contributed by atoms with Crippen molar-refractivity contribution in [3.05, 3.63) is 51.6 Å². The molecule has 0 saturated heterocycles. The number of hydrogen-bond donors (Lipinski definition) is 0. The third-order valence-electron chi connectivity index (χ3n) is 2.41. The van der Waals surface area contributed by atoms with Gasteiger partial charge in [-0.25, -0.2) is 4.39 Å². The summed E-state index contributed by atoms with van der Waals surface area (Å²) in [7, 11) is 0. The van der Waals surface area contributed by atoms with Crippen LogP contribution >= 0.6 is 22.6 Å². The van der Waals surface area contributed by atoms with Gasteiger partial charge in [0.25, 0.3) is 0 Å². The average Bonchev–Trinajstić information content (AvgIpc) is 2.68. The lowest BCUT2D eigenvalue weighted by Crippen LogP contribution is -2.18. The zero-order chi connectivity index (χ0) is 12.4. The highest BCUT2D eigenvalue weighted by atomic mass is 127. The molecule has 0 radical (unpaired) electrons. The van der Waals surface area contributed by atoms with Gasteiger partial charge in [-0.15, -0.1) is 0 Å². The SMILES string of the molecule is CC(=O)C(c1ccc(F)cc1)n1cc(I)cn1. The summed E-state index contributed by atoms with van der Waals surface area (Å²) < 4.78 is 15.4. The van der Waals surface area contributed by atoms with Crippen LogP contribution in [0.5, 0.6) is 0 Å². The first-order chi connectivity index (χ1) is 8.08. The quantitative estimate of drug-likeness (QED) is 0.803. The van der Waals surface area contributed by atoms with Gasteiger partial charge in [-0.05, 0) is 47.2 Å². The Morgan fingerprint density at radius 2 is 2.06 bits per heavy atom. The lowest BCUT2D eigenvalue weighted by Gasteiger charge is -2.14. The van der Waals surface area contributed by atoms with Gasteiger partial charge in [0.2, 0.25) is 0 Å². The number of ketones is 1. The fourth-order valence-electron chi connectivity index (χ4n) is 1.67. The van der Waals surface area contributed by atoms with Crippen LogP contribution in [-0.4, -0.2) is 15.6 Å². The van der Waals surface area contributed by atoms with E-state index in [1.807, 2.05) is 0 Å². The van der Waals surface area contributed by atoms with E-state index in [4.69, 9.17) is 0 Å². The molecule has 0 aliphatic rings. The zero-order valence-corrected chi connectivity index (χ0v) is 11.3. The number of carbonyl (C=O) groups is 1. The van der Waals surface area contributed by atoms with E-state index in [9.17, 15) is 9.18 Å². The van der Waals surface area contributed by atoms with E-state index in [1.165, 1.54) is 19.1 Å². The fraction of sp³-hybridized carbons (Fsp3) is 0.167. The first-order valence-corrected chi connectivity index (χ1v) is 6.11. The van der Waals surface area contributed by atoms with Crippen molar-refractivity contribution in [2.24, 2.45) is 0 Å². The Labute approximate surface area is 112 Å². The molecule has 2 aromatic rings. The Balaban J connectivity index is 2.42. The molecule has 1 heterocycles. The molecule has 2 rings (SSSR count). The predicted molar refractivity (Wildman–Crippen MR) is 70.2 cm³/mol. The highest BCUT2D eigenvalue weighted by Crippen LogP contribution is 2.20. The lowest BCUT2D eigenvalue weighted by molar-refractivity contribution is -0.119. The molecule has 0 fully saturated rings. The van der Waals surface area contributed by atoms with E-state index < -0.39 is 6.04 Å². The van der Waals surface area contributed by atoms with Gasteiger partial charge in [-0.1, -0.05) is 12.1 Å². The number of carbonyl (C=O) groups excluding carboxylic acids is 1. The fourth-order valence-corrected chi connectivity index (χ4v) is 2.08. The van der Waals surface area contributed by atoms with Crippen LogP contribution in [-0.2, 0) is 4.79 Å². The minimum atomic E-state index is -0.487. The van der Waals surface area contributed by atoms with Crippen LogP contribution < -0.4 is 0 Å². The molecule has 0 amide bonds. The maximum atomic E-state index is 12.8. The number of nitrogens with zero attached hydrogens (tertiary/aromatic N) is 2. The largest absolute Gasteiger partial charge is 0.297 e. The predicted octanol–water partition coefficient (Wildman–Crippen LogP) is 2.81. The minimum Gasteiger partial charge on any atom is -0.297 e. The van der Waals surface area contributed by atoms with Gasteiger partial charge >= 0.3 is 0 Å². The maximum Gasteiger partial charge on any atom is 0.158 e. The third-order valence-corrected chi connectivity index (χ3v) is 2.96. The Morgan fingerprint density at radius 3 is 2.53 bits per heavy atom. The van der Waals surface area contributed by atoms with E-state index in [-0.39, 0.29) is 11.6 Å². The van der Waals surface area contributed by atoms with Gasteiger partial charge in [0.1, 0.15) is 11.9 Å². The molecule has 0 aliphatic carbocycles. The molecule has 1 atom stereocenters. The second-order valence-corrected chi connectivity index (χ2v) is 4.95. The molecule has 0 spiro atoms. The summed E-state index contributed by atoms with van der Waals surface area (Å²) in [6, 6.07) is 5.42. The molecular formula is C12H10FIN2O. The summed E-state index contributed by atoms with van der Waals surface area (Å²) in [6.45, 7) is 1.50. The molecule has 0 bridgehead atoms. The first-order valence-electron chi connectivity index (χ1n) is 5.03. The summed E-state index contributed by atoms with van der Waals surface area (Å²) in [5, 5.41) is 4.13. The van der Waals surface area contributed by atoms with Crippen LogP contribution in [0.3, 0.4) is 0 Å². The summed E-state index contributed by atoms with van der Waals surface area (Å²) in [5.74, 6) is -0.345. The van der Waals surface area contributed by atoms with Crippen molar-refractivity contribution in [1.82, 2.24) is 9.78 Å². The maximum absolute atomic E-state index is 12.8. The summed E-state index contributed by atoms with van der Waals surface area (Å²) in [4.78, 5) is 11.7.